The predicted molar refractivity (Wildman–Crippen MR) is 103 cm³/mol. The summed E-state index contributed by atoms with van der Waals surface area (Å²) < 4.78 is 17.0. The lowest BCUT2D eigenvalue weighted by Crippen LogP contribution is -2.30. The number of ether oxygens (including phenoxy) is 3. The SMILES string of the molecule is CCOc1ccc(C(=O)N2CCC[C@@H]2c2ccc3c(c2)OCCCO3)cc1. The molecule has 2 aliphatic rings. The van der Waals surface area contributed by atoms with E-state index in [1.54, 1.807) is 0 Å². The Morgan fingerprint density at radius 3 is 2.63 bits per heavy atom. The number of fused-ring (bicyclic) bond motifs is 1. The highest BCUT2D eigenvalue weighted by Crippen LogP contribution is 2.38. The smallest absolute Gasteiger partial charge is 0.254 e. The quantitative estimate of drug-likeness (QED) is 0.812. The van der Waals surface area contributed by atoms with Crippen molar-refractivity contribution in [1.82, 2.24) is 4.90 Å². The van der Waals surface area contributed by atoms with Crippen LogP contribution in [-0.4, -0.2) is 37.2 Å². The number of nitrogens with zero attached hydrogens (tertiary/aromatic N) is 1. The Balaban J connectivity index is 1.55. The Morgan fingerprint density at radius 1 is 1.07 bits per heavy atom. The van der Waals surface area contributed by atoms with Crippen LogP contribution >= 0.6 is 0 Å². The maximum absolute atomic E-state index is 13.1. The van der Waals surface area contributed by atoms with Gasteiger partial charge in [0.2, 0.25) is 0 Å². The molecule has 1 atom stereocenters. The first-order valence-corrected chi connectivity index (χ1v) is 9.69. The second-order valence-corrected chi connectivity index (χ2v) is 6.87. The molecule has 142 valence electrons. The van der Waals surface area contributed by atoms with E-state index in [1.165, 1.54) is 0 Å². The third-order valence-electron chi connectivity index (χ3n) is 5.08. The molecule has 2 aromatic rings. The first kappa shape index (κ1) is 17.7. The number of benzene rings is 2. The number of likely N-dealkylation sites (tertiary alicyclic amines) is 1. The molecule has 0 N–H and O–H groups in total. The van der Waals surface area contributed by atoms with Crippen LogP contribution in [0, 0.1) is 0 Å². The Labute approximate surface area is 159 Å². The van der Waals surface area contributed by atoms with Crippen molar-refractivity contribution in [2.24, 2.45) is 0 Å². The fourth-order valence-electron chi connectivity index (χ4n) is 3.77. The summed E-state index contributed by atoms with van der Waals surface area (Å²) in [6.45, 7) is 4.67. The van der Waals surface area contributed by atoms with Crippen LogP contribution in [0.2, 0.25) is 0 Å². The normalized spacial score (nSPS) is 18.9. The maximum atomic E-state index is 13.1. The number of carbonyl (C=O) groups excluding carboxylic acids is 1. The fourth-order valence-corrected chi connectivity index (χ4v) is 3.77. The van der Waals surface area contributed by atoms with Crippen LogP contribution in [0.25, 0.3) is 0 Å². The molecule has 1 fully saturated rings. The van der Waals surface area contributed by atoms with Crippen molar-refractivity contribution >= 4 is 5.91 Å². The summed E-state index contributed by atoms with van der Waals surface area (Å²) in [5.41, 5.74) is 1.80. The van der Waals surface area contributed by atoms with Crippen LogP contribution in [0.3, 0.4) is 0 Å². The van der Waals surface area contributed by atoms with Gasteiger partial charge in [-0.3, -0.25) is 4.79 Å². The number of hydrogen-bond donors (Lipinski definition) is 0. The van der Waals surface area contributed by atoms with E-state index >= 15 is 0 Å². The molecule has 0 aliphatic carbocycles. The summed E-state index contributed by atoms with van der Waals surface area (Å²) in [6.07, 6.45) is 2.85. The summed E-state index contributed by atoms with van der Waals surface area (Å²) in [4.78, 5) is 15.0. The van der Waals surface area contributed by atoms with Gasteiger partial charge in [0.25, 0.3) is 5.91 Å². The number of carbonyl (C=O) groups is 1. The molecule has 0 aromatic heterocycles. The lowest BCUT2D eigenvalue weighted by Gasteiger charge is -2.26. The summed E-state index contributed by atoms with van der Waals surface area (Å²) in [5.74, 6) is 2.42. The monoisotopic (exact) mass is 367 g/mol. The molecular formula is C22H25NO4. The Bertz CT molecular complexity index is 802. The highest BCUT2D eigenvalue weighted by atomic mass is 16.5. The van der Waals surface area contributed by atoms with E-state index in [9.17, 15) is 4.79 Å². The molecule has 1 amide bonds. The third-order valence-corrected chi connectivity index (χ3v) is 5.08. The second kappa shape index (κ2) is 7.91. The standard InChI is InChI=1S/C22H25NO4/c1-2-25-18-9-6-16(7-10-18)22(24)23-12-3-5-19(23)17-8-11-20-21(15-17)27-14-4-13-26-20/h6-11,15,19H,2-5,12-14H2,1H3/t19-/m1/s1. The van der Waals surface area contributed by atoms with Crippen molar-refractivity contribution < 1.29 is 19.0 Å². The lowest BCUT2D eigenvalue weighted by atomic mass is 10.0. The van der Waals surface area contributed by atoms with Gasteiger partial charge in [-0.15, -0.1) is 0 Å². The summed E-state index contributed by atoms with van der Waals surface area (Å²) in [7, 11) is 0. The van der Waals surface area contributed by atoms with E-state index in [0.717, 1.165) is 48.6 Å². The van der Waals surface area contributed by atoms with Crippen LogP contribution in [0.4, 0.5) is 0 Å². The molecule has 0 unspecified atom stereocenters. The minimum Gasteiger partial charge on any atom is -0.494 e. The van der Waals surface area contributed by atoms with Gasteiger partial charge in [0.1, 0.15) is 5.75 Å². The van der Waals surface area contributed by atoms with Crippen LogP contribution < -0.4 is 14.2 Å². The zero-order valence-electron chi connectivity index (χ0n) is 15.6. The second-order valence-electron chi connectivity index (χ2n) is 6.87. The first-order chi connectivity index (χ1) is 13.3. The minimum absolute atomic E-state index is 0.0626. The molecule has 0 saturated carbocycles. The molecule has 2 aliphatic heterocycles. The Morgan fingerprint density at radius 2 is 1.85 bits per heavy atom. The maximum Gasteiger partial charge on any atom is 0.254 e. The minimum atomic E-state index is 0.0626. The fraction of sp³-hybridized carbons (Fsp3) is 0.409. The molecule has 5 nitrogen and oxygen atoms in total. The summed E-state index contributed by atoms with van der Waals surface area (Å²) in [5, 5.41) is 0. The van der Waals surface area contributed by atoms with E-state index in [4.69, 9.17) is 14.2 Å². The largest absolute Gasteiger partial charge is 0.494 e. The van der Waals surface area contributed by atoms with Crippen molar-refractivity contribution in [1.29, 1.82) is 0 Å². The van der Waals surface area contributed by atoms with Crippen molar-refractivity contribution in [3.63, 3.8) is 0 Å². The third kappa shape index (κ3) is 3.72. The van der Waals surface area contributed by atoms with Gasteiger partial charge >= 0.3 is 0 Å². The average molecular weight is 367 g/mol. The molecule has 0 spiro atoms. The molecule has 4 rings (SSSR count). The number of amides is 1. The molecular weight excluding hydrogens is 342 g/mol. The van der Waals surface area contributed by atoms with Crippen LogP contribution in [0.15, 0.2) is 42.5 Å². The van der Waals surface area contributed by atoms with E-state index in [2.05, 4.69) is 6.07 Å². The molecule has 2 aromatic carbocycles. The number of rotatable bonds is 4. The van der Waals surface area contributed by atoms with E-state index in [1.807, 2.05) is 48.2 Å². The van der Waals surface area contributed by atoms with Gasteiger partial charge in [0.05, 0.1) is 25.9 Å². The Kier molecular flexibility index (Phi) is 5.19. The predicted octanol–water partition coefficient (Wildman–Crippen LogP) is 4.22. The van der Waals surface area contributed by atoms with Gasteiger partial charge in [0.15, 0.2) is 11.5 Å². The topological polar surface area (TPSA) is 48.0 Å². The van der Waals surface area contributed by atoms with Crippen molar-refractivity contribution in [3.8, 4) is 17.2 Å². The van der Waals surface area contributed by atoms with Gasteiger partial charge in [-0.25, -0.2) is 0 Å². The molecule has 27 heavy (non-hydrogen) atoms. The highest BCUT2D eigenvalue weighted by Gasteiger charge is 2.31. The van der Waals surface area contributed by atoms with Crippen molar-refractivity contribution in [2.45, 2.75) is 32.2 Å². The molecule has 0 radical (unpaired) electrons. The van der Waals surface area contributed by atoms with Gasteiger partial charge in [-0.05, 0) is 61.7 Å². The Hall–Kier alpha value is -2.69. The highest BCUT2D eigenvalue weighted by molar-refractivity contribution is 5.94. The lowest BCUT2D eigenvalue weighted by molar-refractivity contribution is 0.0735. The first-order valence-electron chi connectivity index (χ1n) is 9.69. The zero-order chi connectivity index (χ0) is 18.6. The molecule has 2 heterocycles. The van der Waals surface area contributed by atoms with E-state index < -0.39 is 0 Å². The van der Waals surface area contributed by atoms with Crippen molar-refractivity contribution in [3.05, 3.63) is 53.6 Å². The van der Waals surface area contributed by atoms with E-state index in [-0.39, 0.29) is 11.9 Å². The van der Waals surface area contributed by atoms with Gasteiger partial charge in [0, 0.05) is 18.5 Å². The molecule has 1 saturated heterocycles. The van der Waals surface area contributed by atoms with Crippen molar-refractivity contribution in [2.75, 3.05) is 26.4 Å². The number of hydrogen-bond acceptors (Lipinski definition) is 4. The summed E-state index contributed by atoms with van der Waals surface area (Å²) >= 11 is 0. The van der Waals surface area contributed by atoms with Crippen LogP contribution in [0.5, 0.6) is 17.2 Å². The van der Waals surface area contributed by atoms with Crippen LogP contribution in [-0.2, 0) is 0 Å². The summed E-state index contributed by atoms with van der Waals surface area (Å²) in [6, 6.07) is 13.5. The molecule has 0 bridgehead atoms. The molecule has 5 heteroatoms. The zero-order valence-corrected chi connectivity index (χ0v) is 15.6. The van der Waals surface area contributed by atoms with Crippen LogP contribution in [0.1, 0.15) is 48.1 Å². The van der Waals surface area contributed by atoms with Gasteiger partial charge in [-0.2, -0.15) is 0 Å². The van der Waals surface area contributed by atoms with E-state index in [0.29, 0.717) is 25.4 Å². The average Bonchev–Trinajstić information content (AvgIpc) is 3.07. The van der Waals surface area contributed by atoms with Gasteiger partial charge < -0.3 is 19.1 Å². The van der Waals surface area contributed by atoms with Gasteiger partial charge in [-0.1, -0.05) is 6.07 Å².